The van der Waals surface area contributed by atoms with Gasteiger partial charge in [0, 0.05) is 19.3 Å². The molecule has 1 saturated carbocycles. The van der Waals surface area contributed by atoms with E-state index in [2.05, 4.69) is 10.3 Å². The Morgan fingerprint density at radius 3 is 3.06 bits per heavy atom. The summed E-state index contributed by atoms with van der Waals surface area (Å²) in [4.78, 5) is 17.4. The number of carbonyl (C=O) groups is 1. The molecule has 1 aliphatic carbocycles. The van der Waals surface area contributed by atoms with Crippen LogP contribution in [0, 0.1) is 11.3 Å². The van der Waals surface area contributed by atoms with Crippen molar-refractivity contribution in [2.24, 2.45) is 0 Å². The molecule has 1 fully saturated rings. The van der Waals surface area contributed by atoms with E-state index in [1.807, 2.05) is 6.07 Å². The average Bonchev–Trinajstić information content (AvgIpc) is 3.12. The molecule has 94 valence electrons. The van der Waals surface area contributed by atoms with Gasteiger partial charge in [-0.15, -0.1) is 0 Å². The number of halogens is 1. The second-order valence-corrected chi connectivity index (χ2v) is 4.68. The van der Waals surface area contributed by atoms with Crippen molar-refractivity contribution in [3.05, 3.63) is 22.8 Å². The molecular formula is C12H13ClN4O. The number of likely N-dealkylation sites (N-methyl/N-ethyl adjacent to an activating group) is 1. The summed E-state index contributed by atoms with van der Waals surface area (Å²) in [6.45, 7) is 0.179. The van der Waals surface area contributed by atoms with Gasteiger partial charge in [0.1, 0.15) is 16.9 Å². The lowest BCUT2D eigenvalue weighted by molar-refractivity contribution is -0.119. The smallest absolute Gasteiger partial charge is 0.239 e. The number of nitriles is 1. The van der Waals surface area contributed by atoms with Gasteiger partial charge in [-0.3, -0.25) is 4.79 Å². The highest BCUT2D eigenvalue weighted by Crippen LogP contribution is 2.25. The monoisotopic (exact) mass is 264 g/mol. The number of rotatable bonds is 4. The lowest BCUT2D eigenvalue weighted by Crippen LogP contribution is -2.36. The van der Waals surface area contributed by atoms with Gasteiger partial charge >= 0.3 is 0 Å². The van der Waals surface area contributed by atoms with Crippen molar-refractivity contribution in [2.75, 3.05) is 18.5 Å². The fourth-order valence-corrected chi connectivity index (χ4v) is 1.87. The minimum absolute atomic E-state index is 0.0553. The van der Waals surface area contributed by atoms with E-state index >= 15 is 0 Å². The van der Waals surface area contributed by atoms with Crippen LogP contribution in [0.25, 0.3) is 0 Å². The van der Waals surface area contributed by atoms with E-state index in [1.54, 1.807) is 18.0 Å². The van der Waals surface area contributed by atoms with Crippen molar-refractivity contribution in [3.63, 3.8) is 0 Å². The molecule has 0 saturated heterocycles. The summed E-state index contributed by atoms with van der Waals surface area (Å²) in [5.41, 5.74) is 0.358. The predicted octanol–water partition coefficient (Wildman–Crippen LogP) is 1.32. The van der Waals surface area contributed by atoms with E-state index in [0.717, 1.165) is 12.8 Å². The molecule has 6 heteroatoms. The van der Waals surface area contributed by atoms with Crippen molar-refractivity contribution in [3.8, 4) is 6.07 Å². The Kier molecular flexibility index (Phi) is 3.68. The summed E-state index contributed by atoms with van der Waals surface area (Å²) in [7, 11) is 1.72. The van der Waals surface area contributed by atoms with Crippen molar-refractivity contribution < 1.29 is 4.79 Å². The van der Waals surface area contributed by atoms with Crippen LogP contribution in [0.5, 0.6) is 0 Å². The maximum Gasteiger partial charge on any atom is 0.239 e. The highest BCUT2D eigenvalue weighted by atomic mass is 35.5. The lowest BCUT2D eigenvalue weighted by atomic mass is 10.3. The van der Waals surface area contributed by atoms with E-state index in [0.29, 0.717) is 17.4 Å². The Balaban J connectivity index is 2.06. The molecule has 1 heterocycles. The SMILES string of the molecule is CN(CC(=O)NC1CC1)c1nccc(C#N)c1Cl. The number of pyridine rings is 1. The number of hydrogen-bond acceptors (Lipinski definition) is 4. The van der Waals surface area contributed by atoms with Crippen LogP contribution < -0.4 is 10.2 Å². The van der Waals surface area contributed by atoms with Crippen molar-refractivity contribution in [1.82, 2.24) is 10.3 Å². The second kappa shape index (κ2) is 5.23. The first-order chi connectivity index (χ1) is 8.61. The summed E-state index contributed by atoms with van der Waals surface area (Å²) in [6.07, 6.45) is 3.62. The number of hydrogen-bond donors (Lipinski definition) is 1. The zero-order valence-corrected chi connectivity index (χ0v) is 10.7. The Morgan fingerprint density at radius 1 is 1.72 bits per heavy atom. The Bertz CT molecular complexity index is 507. The number of nitrogens with one attached hydrogen (secondary N) is 1. The second-order valence-electron chi connectivity index (χ2n) is 4.31. The number of nitrogens with zero attached hydrogens (tertiary/aromatic N) is 3. The first-order valence-electron chi connectivity index (χ1n) is 5.67. The molecule has 1 aromatic heterocycles. The highest BCUT2D eigenvalue weighted by Gasteiger charge is 2.24. The van der Waals surface area contributed by atoms with Crippen molar-refractivity contribution in [2.45, 2.75) is 18.9 Å². The Morgan fingerprint density at radius 2 is 2.44 bits per heavy atom. The summed E-state index contributed by atoms with van der Waals surface area (Å²) < 4.78 is 0. The zero-order valence-electron chi connectivity index (χ0n) is 9.98. The molecular weight excluding hydrogens is 252 g/mol. The molecule has 0 aromatic carbocycles. The topological polar surface area (TPSA) is 69.0 Å². The van der Waals surface area contributed by atoms with E-state index in [4.69, 9.17) is 16.9 Å². The van der Waals surface area contributed by atoms with Gasteiger partial charge in [0.2, 0.25) is 5.91 Å². The van der Waals surface area contributed by atoms with Crippen LogP contribution in [-0.2, 0) is 4.79 Å². The van der Waals surface area contributed by atoms with Crippen LogP contribution in [0.3, 0.4) is 0 Å². The van der Waals surface area contributed by atoms with Gasteiger partial charge in [-0.2, -0.15) is 5.26 Å². The summed E-state index contributed by atoms with van der Waals surface area (Å²) in [6, 6.07) is 3.87. The molecule has 1 aliphatic rings. The molecule has 1 amide bonds. The molecule has 1 N–H and O–H groups in total. The number of aromatic nitrogens is 1. The first kappa shape index (κ1) is 12.7. The Hall–Kier alpha value is -1.80. The van der Waals surface area contributed by atoms with Crippen LogP contribution in [0.15, 0.2) is 12.3 Å². The maximum absolute atomic E-state index is 11.7. The average molecular weight is 265 g/mol. The lowest BCUT2D eigenvalue weighted by Gasteiger charge is -2.19. The van der Waals surface area contributed by atoms with Gasteiger partial charge in [-0.05, 0) is 18.9 Å². The van der Waals surface area contributed by atoms with Gasteiger partial charge in [-0.1, -0.05) is 11.6 Å². The number of amides is 1. The molecule has 0 unspecified atom stereocenters. The Labute approximate surface area is 110 Å². The zero-order chi connectivity index (χ0) is 13.1. The van der Waals surface area contributed by atoms with Crippen molar-refractivity contribution in [1.29, 1.82) is 5.26 Å². The maximum atomic E-state index is 11.7. The minimum Gasteiger partial charge on any atom is -0.352 e. The minimum atomic E-state index is -0.0553. The van der Waals surface area contributed by atoms with E-state index < -0.39 is 0 Å². The molecule has 0 spiro atoms. The molecule has 0 atom stereocenters. The summed E-state index contributed by atoms with van der Waals surface area (Å²) in [5, 5.41) is 12.0. The highest BCUT2D eigenvalue weighted by molar-refractivity contribution is 6.34. The number of anilines is 1. The molecule has 5 nitrogen and oxygen atoms in total. The summed E-state index contributed by atoms with van der Waals surface area (Å²) in [5.74, 6) is 0.391. The fourth-order valence-electron chi connectivity index (χ4n) is 1.58. The quantitative estimate of drug-likeness (QED) is 0.891. The molecule has 0 aliphatic heterocycles. The van der Waals surface area contributed by atoms with Gasteiger partial charge in [0.25, 0.3) is 0 Å². The van der Waals surface area contributed by atoms with Crippen LogP contribution in [0.2, 0.25) is 5.02 Å². The third kappa shape index (κ3) is 2.90. The van der Waals surface area contributed by atoms with Gasteiger partial charge in [0.15, 0.2) is 0 Å². The van der Waals surface area contributed by atoms with Gasteiger partial charge < -0.3 is 10.2 Å². The van der Waals surface area contributed by atoms with E-state index in [1.165, 1.54) is 6.20 Å². The molecule has 0 bridgehead atoms. The van der Waals surface area contributed by atoms with Crippen LogP contribution in [-0.4, -0.2) is 30.5 Å². The van der Waals surface area contributed by atoms with Gasteiger partial charge in [-0.25, -0.2) is 4.98 Å². The summed E-state index contributed by atoms with van der Waals surface area (Å²) >= 11 is 6.05. The van der Waals surface area contributed by atoms with Crippen molar-refractivity contribution >= 4 is 23.3 Å². The van der Waals surface area contributed by atoms with Crippen LogP contribution in [0.1, 0.15) is 18.4 Å². The molecule has 18 heavy (non-hydrogen) atoms. The van der Waals surface area contributed by atoms with Crippen LogP contribution in [0.4, 0.5) is 5.82 Å². The van der Waals surface area contributed by atoms with E-state index in [-0.39, 0.29) is 17.5 Å². The molecule has 1 aromatic rings. The predicted molar refractivity (Wildman–Crippen MR) is 68.4 cm³/mol. The normalized spacial score (nSPS) is 13.8. The number of carbonyl (C=O) groups excluding carboxylic acids is 1. The first-order valence-corrected chi connectivity index (χ1v) is 6.04. The van der Waals surface area contributed by atoms with Crippen LogP contribution >= 0.6 is 11.6 Å². The third-order valence-electron chi connectivity index (χ3n) is 2.68. The largest absolute Gasteiger partial charge is 0.352 e. The molecule has 2 rings (SSSR count). The third-order valence-corrected chi connectivity index (χ3v) is 3.05. The standard InChI is InChI=1S/C12H13ClN4O/c1-17(7-10(18)16-9-2-3-9)12-11(13)8(6-14)4-5-15-12/h4-5,9H,2-3,7H2,1H3,(H,16,18). The van der Waals surface area contributed by atoms with Gasteiger partial charge in [0.05, 0.1) is 12.1 Å². The fraction of sp³-hybridized carbons (Fsp3) is 0.417. The molecule has 0 radical (unpaired) electrons. The van der Waals surface area contributed by atoms with E-state index in [9.17, 15) is 4.79 Å².